The van der Waals surface area contributed by atoms with Gasteiger partial charge in [-0.2, -0.15) is 0 Å². The fraction of sp³-hybridized carbons (Fsp3) is 0.909. The maximum Gasteiger partial charge on any atom is 0.303 e. The Morgan fingerprint density at radius 1 is 1.35 bits per heavy atom. The third-order valence-electron chi connectivity index (χ3n) is 3.11. The zero-order valence-electron chi connectivity index (χ0n) is 11.0. The topological polar surface area (TPSA) is 83.5 Å². The van der Waals surface area contributed by atoms with Crippen molar-refractivity contribution in [2.24, 2.45) is 11.3 Å². The highest BCUT2D eigenvalue weighted by molar-refractivity contribution is 7.89. The lowest BCUT2D eigenvalue weighted by atomic mass is 9.81. The lowest BCUT2D eigenvalue weighted by Gasteiger charge is -2.29. The molecular weight excluding hydrogens is 242 g/mol. The van der Waals surface area contributed by atoms with Crippen molar-refractivity contribution in [1.29, 1.82) is 0 Å². The van der Waals surface area contributed by atoms with Gasteiger partial charge in [0.1, 0.15) is 0 Å². The third kappa shape index (κ3) is 7.33. The van der Waals surface area contributed by atoms with E-state index in [1.807, 2.05) is 27.7 Å². The summed E-state index contributed by atoms with van der Waals surface area (Å²) in [6.45, 7) is 8.45. The fourth-order valence-corrected chi connectivity index (χ4v) is 2.25. The summed E-state index contributed by atoms with van der Waals surface area (Å²) in [6.07, 6.45) is 0.0290. The number of carboxylic acid groups (broad SMARTS) is 1. The number of hydrogen-bond acceptors (Lipinski definition) is 3. The molecule has 0 heterocycles. The molecule has 0 saturated heterocycles. The Bertz CT molecular complexity index is 346. The Morgan fingerprint density at radius 2 is 1.88 bits per heavy atom. The normalized spacial score (nSPS) is 13.0. The molecule has 0 aromatic rings. The molecule has 0 saturated carbocycles. The van der Waals surface area contributed by atoms with Gasteiger partial charge in [-0.1, -0.05) is 27.7 Å². The van der Waals surface area contributed by atoms with Crippen molar-refractivity contribution in [2.75, 3.05) is 12.3 Å². The van der Waals surface area contributed by atoms with Crippen LogP contribution >= 0.6 is 0 Å². The molecule has 0 spiro atoms. The highest BCUT2D eigenvalue weighted by Gasteiger charge is 2.24. The molecule has 5 nitrogen and oxygen atoms in total. The Balaban J connectivity index is 4.15. The molecule has 0 unspecified atom stereocenters. The molecule has 2 N–H and O–H groups in total. The molecule has 0 fully saturated rings. The summed E-state index contributed by atoms with van der Waals surface area (Å²) in [4.78, 5) is 10.3. The monoisotopic (exact) mass is 265 g/mol. The summed E-state index contributed by atoms with van der Waals surface area (Å²) < 4.78 is 25.7. The second-order valence-corrected chi connectivity index (χ2v) is 7.21. The van der Waals surface area contributed by atoms with Gasteiger partial charge in [0, 0.05) is 13.0 Å². The van der Waals surface area contributed by atoms with E-state index in [4.69, 9.17) is 5.11 Å². The average Bonchev–Trinajstić information content (AvgIpc) is 2.14. The summed E-state index contributed by atoms with van der Waals surface area (Å²) in [5.74, 6) is -0.736. The van der Waals surface area contributed by atoms with Gasteiger partial charge in [-0.05, 0) is 17.8 Å². The first-order valence-corrected chi connectivity index (χ1v) is 7.41. The predicted molar refractivity (Wildman–Crippen MR) is 67.3 cm³/mol. The first-order valence-electron chi connectivity index (χ1n) is 5.76. The lowest BCUT2D eigenvalue weighted by molar-refractivity contribution is -0.137. The molecule has 0 atom stereocenters. The van der Waals surface area contributed by atoms with Crippen LogP contribution in [0.25, 0.3) is 0 Å². The minimum atomic E-state index is -3.36. The van der Waals surface area contributed by atoms with Crippen molar-refractivity contribution >= 4 is 16.0 Å². The van der Waals surface area contributed by atoms with E-state index in [2.05, 4.69) is 4.72 Å². The Labute approximate surface area is 104 Å². The molecule has 0 aromatic heterocycles. The quantitative estimate of drug-likeness (QED) is 0.696. The van der Waals surface area contributed by atoms with Crippen LogP contribution in [0.2, 0.25) is 0 Å². The van der Waals surface area contributed by atoms with Gasteiger partial charge in [-0.15, -0.1) is 0 Å². The number of sulfonamides is 1. The molecule has 0 rings (SSSR count). The van der Waals surface area contributed by atoms with Gasteiger partial charge in [0.05, 0.1) is 5.75 Å². The van der Waals surface area contributed by atoms with Crippen LogP contribution in [0.4, 0.5) is 0 Å². The zero-order chi connectivity index (χ0) is 13.7. The van der Waals surface area contributed by atoms with E-state index in [1.54, 1.807) is 0 Å². The summed E-state index contributed by atoms with van der Waals surface area (Å²) in [5, 5.41) is 8.43. The Kier molecular flexibility index (Phi) is 6.12. The number of hydrogen-bond donors (Lipinski definition) is 2. The maximum absolute atomic E-state index is 11.6. The predicted octanol–water partition coefficient (Wildman–Crippen LogP) is 1.45. The van der Waals surface area contributed by atoms with Crippen molar-refractivity contribution in [3.05, 3.63) is 0 Å². The maximum atomic E-state index is 11.6. The minimum absolute atomic E-state index is 0.111. The molecule has 0 amide bonds. The largest absolute Gasteiger partial charge is 0.481 e. The first-order chi connectivity index (χ1) is 7.57. The van der Waals surface area contributed by atoms with Crippen molar-refractivity contribution in [1.82, 2.24) is 4.72 Å². The van der Waals surface area contributed by atoms with E-state index >= 15 is 0 Å². The average molecular weight is 265 g/mol. The van der Waals surface area contributed by atoms with E-state index in [1.165, 1.54) is 0 Å². The highest BCUT2D eigenvalue weighted by atomic mass is 32.2. The Hall–Kier alpha value is -0.620. The SMILES string of the molecule is CC(C)C(C)(C)CNS(=O)(=O)CCCC(=O)O. The van der Waals surface area contributed by atoms with Gasteiger partial charge in [-0.25, -0.2) is 13.1 Å². The van der Waals surface area contributed by atoms with Crippen molar-refractivity contribution in [3.63, 3.8) is 0 Å². The zero-order valence-corrected chi connectivity index (χ0v) is 11.8. The Morgan fingerprint density at radius 3 is 2.29 bits per heavy atom. The van der Waals surface area contributed by atoms with E-state index < -0.39 is 16.0 Å². The number of carboxylic acids is 1. The second-order valence-electron chi connectivity index (χ2n) is 5.28. The van der Waals surface area contributed by atoms with E-state index in [0.29, 0.717) is 12.5 Å². The molecule has 0 aliphatic rings. The molecular formula is C11H23NO4S. The summed E-state index contributed by atoms with van der Waals surface area (Å²) >= 11 is 0. The number of rotatable bonds is 8. The molecule has 102 valence electrons. The van der Waals surface area contributed by atoms with E-state index in [0.717, 1.165) is 0 Å². The minimum Gasteiger partial charge on any atom is -0.481 e. The van der Waals surface area contributed by atoms with Crippen molar-refractivity contribution in [2.45, 2.75) is 40.5 Å². The van der Waals surface area contributed by atoms with Gasteiger partial charge in [0.25, 0.3) is 0 Å². The molecule has 6 heteroatoms. The van der Waals surface area contributed by atoms with Crippen LogP contribution in [0.3, 0.4) is 0 Å². The van der Waals surface area contributed by atoms with Crippen LogP contribution < -0.4 is 4.72 Å². The third-order valence-corrected chi connectivity index (χ3v) is 4.52. The van der Waals surface area contributed by atoms with Crippen LogP contribution in [0.1, 0.15) is 40.5 Å². The van der Waals surface area contributed by atoms with Gasteiger partial charge in [0.15, 0.2) is 0 Å². The first kappa shape index (κ1) is 16.4. The lowest BCUT2D eigenvalue weighted by Crippen LogP contribution is -2.38. The van der Waals surface area contributed by atoms with Crippen LogP contribution in [0.15, 0.2) is 0 Å². The van der Waals surface area contributed by atoms with Crippen molar-refractivity contribution in [3.8, 4) is 0 Å². The van der Waals surface area contributed by atoms with E-state index in [-0.39, 0.29) is 24.0 Å². The number of nitrogens with one attached hydrogen (secondary N) is 1. The summed E-state index contributed by atoms with van der Waals surface area (Å²) in [5.41, 5.74) is -0.111. The van der Waals surface area contributed by atoms with Gasteiger partial charge in [-0.3, -0.25) is 4.79 Å². The summed E-state index contributed by atoms with van der Waals surface area (Å²) in [7, 11) is -3.36. The number of carbonyl (C=O) groups is 1. The number of aliphatic carboxylic acids is 1. The van der Waals surface area contributed by atoms with E-state index in [9.17, 15) is 13.2 Å². The fourth-order valence-electron chi connectivity index (χ4n) is 0.986. The second kappa shape index (κ2) is 6.35. The molecule has 0 aromatic carbocycles. The summed E-state index contributed by atoms with van der Waals surface area (Å²) in [6, 6.07) is 0. The molecule has 0 aliphatic heterocycles. The smallest absolute Gasteiger partial charge is 0.303 e. The van der Waals surface area contributed by atoms with Gasteiger partial charge < -0.3 is 5.11 Å². The standard InChI is InChI=1S/C11H23NO4S/c1-9(2)11(3,4)8-12-17(15,16)7-5-6-10(13)14/h9,12H,5-8H2,1-4H3,(H,13,14). The van der Waals surface area contributed by atoms with Crippen LogP contribution in [-0.4, -0.2) is 31.8 Å². The highest BCUT2D eigenvalue weighted by Crippen LogP contribution is 2.24. The van der Waals surface area contributed by atoms with Crippen LogP contribution in [-0.2, 0) is 14.8 Å². The molecule has 17 heavy (non-hydrogen) atoms. The molecule has 0 radical (unpaired) electrons. The molecule has 0 bridgehead atoms. The molecule has 0 aliphatic carbocycles. The van der Waals surface area contributed by atoms with Crippen LogP contribution in [0, 0.1) is 11.3 Å². The van der Waals surface area contributed by atoms with Crippen LogP contribution in [0.5, 0.6) is 0 Å². The van der Waals surface area contributed by atoms with Gasteiger partial charge >= 0.3 is 5.97 Å². The van der Waals surface area contributed by atoms with Crippen molar-refractivity contribution < 1.29 is 18.3 Å². The van der Waals surface area contributed by atoms with Gasteiger partial charge in [0.2, 0.25) is 10.0 Å².